The number of nitrogens with zero attached hydrogens (tertiary/aromatic N) is 1. The van der Waals surface area contributed by atoms with Gasteiger partial charge in [-0.3, -0.25) is 0 Å². The monoisotopic (exact) mass is 302 g/mol. The van der Waals surface area contributed by atoms with Gasteiger partial charge in [0.1, 0.15) is 10.8 Å². The predicted octanol–water partition coefficient (Wildman–Crippen LogP) is 4.50. The topological polar surface area (TPSA) is 48.1 Å². The average Bonchev–Trinajstić information content (AvgIpc) is 3.24. The zero-order valence-electron chi connectivity index (χ0n) is 12.6. The molecule has 0 saturated heterocycles. The number of benzene rings is 1. The van der Waals surface area contributed by atoms with Crippen molar-refractivity contribution in [2.24, 2.45) is 5.73 Å². The van der Waals surface area contributed by atoms with Crippen molar-refractivity contribution in [1.29, 1.82) is 0 Å². The van der Waals surface area contributed by atoms with Crippen LogP contribution in [0, 0.1) is 0 Å². The van der Waals surface area contributed by atoms with Crippen molar-refractivity contribution in [3.05, 3.63) is 34.8 Å². The van der Waals surface area contributed by atoms with Gasteiger partial charge >= 0.3 is 0 Å². The van der Waals surface area contributed by atoms with Gasteiger partial charge in [0.2, 0.25) is 0 Å². The number of hydrogen-bond acceptors (Lipinski definition) is 4. The molecule has 1 saturated carbocycles. The van der Waals surface area contributed by atoms with E-state index in [-0.39, 0.29) is 6.04 Å². The standard InChI is InChI=1S/C17H22N2OS/c1-3-10-20-14-8-6-13(7-9-14)17-19-15(12-4-5-12)16(21-17)11(2)18/h6-9,11-12H,3-5,10,18H2,1-2H3. The first-order valence-electron chi connectivity index (χ1n) is 7.68. The molecule has 1 aromatic carbocycles. The normalized spacial score (nSPS) is 16.0. The molecule has 0 spiro atoms. The Hall–Kier alpha value is -1.39. The van der Waals surface area contributed by atoms with Crippen molar-refractivity contribution in [3.63, 3.8) is 0 Å². The first-order valence-corrected chi connectivity index (χ1v) is 8.50. The van der Waals surface area contributed by atoms with Gasteiger partial charge in [0.05, 0.1) is 12.3 Å². The minimum Gasteiger partial charge on any atom is -0.494 e. The zero-order chi connectivity index (χ0) is 14.8. The Morgan fingerprint density at radius 2 is 2.05 bits per heavy atom. The van der Waals surface area contributed by atoms with Crippen LogP contribution in [0.4, 0.5) is 0 Å². The van der Waals surface area contributed by atoms with Crippen molar-refractivity contribution in [2.45, 2.75) is 45.1 Å². The van der Waals surface area contributed by atoms with Gasteiger partial charge in [0.25, 0.3) is 0 Å². The lowest BCUT2D eigenvalue weighted by atomic mass is 10.2. The maximum atomic E-state index is 6.10. The summed E-state index contributed by atoms with van der Waals surface area (Å²) in [6.45, 7) is 4.92. The Kier molecular flexibility index (Phi) is 4.27. The van der Waals surface area contributed by atoms with Gasteiger partial charge in [-0.1, -0.05) is 6.92 Å². The molecule has 1 heterocycles. The molecule has 1 aromatic heterocycles. The number of nitrogens with two attached hydrogens (primary N) is 1. The van der Waals surface area contributed by atoms with Crippen molar-refractivity contribution in [2.75, 3.05) is 6.61 Å². The summed E-state index contributed by atoms with van der Waals surface area (Å²) in [5.74, 6) is 1.56. The largest absolute Gasteiger partial charge is 0.494 e. The second-order valence-electron chi connectivity index (χ2n) is 5.70. The van der Waals surface area contributed by atoms with Crippen LogP contribution < -0.4 is 10.5 Å². The average molecular weight is 302 g/mol. The summed E-state index contributed by atoms with van der Waals surface area (Å²) in [4.78, 5) is 6.10. The number of hydrogen-bond donors (Lipinski definition) is 1. The molecule has 0 amide bonds. The third-order valence-corrected chi connectivity index (χ3v) is 4.95. The first-order chi connectivity index (χ1) is 10.2. The summed E-state index contributed by atoms with van der Waals surface area (Å²) < 4.78 is 5.62. The molecule has 3 rings (SSSR count). The Morgan fingerprint density at radius 3 is 2.62 bits per heavy atom. The van der Waals surface area contributed by atoms with Gasteiger partial charge in [-0.2, -0.15) is 0 Å². The molecule has 1 atom stereocenters. The maximum Gasteiger partial charge on any atom is 0.123 e. The molecule has 1 fully saturated rings. The summed E-state index contributed by atoms with van der Waals surface area (Å²) in [6, 6.07) is 8.29. The van der Waals surface area contributed by atoms with Gasteiger partial charge in [-0.15, -0.1) is 11.3 Å². The molecule has 0 aliphatic heterocycles. The molecule has 2 N–H and O–H groups in total. The van der Waals surface area contributed by atoms with Gasteiger partial charge < -0.3 is 10.5 Å². The smallest absolute Gasteiger partial charge is 0.123 e. The van der Waals surface area contributed by atoms with E-state index in [9.17, 15) is 0 Å². The molecule has 0 radical (unpaired) electrons. The van der Waals surface area contributed by atoms with Crippen LogP contribution in [0.5, 0.6) is 5.75 Å². The van der Waals surface area contributed by atoms with E-state index in [0.29, 0.717) is 5.92 Å². The van der Waals surface area contributed by atoms with E-state index < -0.39 is 0 Å². The fraction of sp³-hybridized carbons (Fsp3) is 0.471. The SMILES string of the molecule is CCCOc1ccc(-c2nc(C3CC3)c(C(C)N)s2)cc1. The molecule has 4 heteroatoms. The highest BCUT2D eigenvalue weighted by Crippen LogP contribution is 2.45. The second kappa shape index (κ2) is 6.16. The third-order valence-electron chi connectivity index (χ3n) is 3.63. The van der Waals surface area contributed by atoms with E-state index in [1.54, 1.807) is 11.3 Å². The number of rotatable bonds is 6. The van der Waals surface area contributed by atoms with E-state index >= 15 is 0 Å². The van der Waals surface area contributed by atoms with Crippen LogP contribution in [0.3, 0.4) is 0 Å². The number of aromatic nitrogens is 1. The van der Waals surface area contributed by atoms with Gasteiger partial charge in [0.15, 0.2) is 0 Å². The Balaban J connectivity index is 1.84. The summed E-state index contributed by atoms with van der Waals surface area (Å²) >= 11 is 1.74. The molecule has 112 valence electrons. The maximum absolute atomic E-state index is 6.10. The quantitative estimate of drug-likeness (QED) is 0.855. The Labute approximate surface area is 130 Å². The highest BCUT2D eigenvalue weighted by atomic mass is 32.1. The third kappa shape index (κ3) is 3.27. The Bertz CT molecular complexity index is 580. The van der Waals surface area contributed by atoms with E-state index in [0.717, 1.165) is 29.3 Å². The molecular formula is C17H22N2OS. The van der Waals surface area contributed by atoms with Gasteiger partial charge in [-0.05, 0) is 50.5 Å². The second-order valence-corrected chi connectivity index (χ2v) is 6.73. The predicted molar refractivity (Wildman–Crippen MR) is 87.9 cm³/mol. The molecule has 2 aromatic rings. The van der Waals surface area contributed by atoms with E-state index in [2.05, 4.69) is 19.1 Å². The van der Waals surface area contributed by atoms with Crippen LogP contribution in [0.15, 0.2) is 24.3 Å². The van der Waals surface area contributed by atoms with Crippen molar-refractivity contribution in [3.8, 4) is 16.3 Å². The van der Waals surface area contributed by atoms with Crippen LogP contribution >= 0.6 is 11.3 Å². The molecule has 21 heavy (non-hydrogen) atoms. The summed E-state index contributed by atoms with van der Waals surface area (Å²) in [7, 11) is 0. The lowest BCUT2D eigenvalue weighted by molar-refractivity contribution is 0.317. The minimum absolute atomic E-state index is 0.0685. The van der Waals surface area contributed by atoms with Crippen LogP contribution in [-0.4, -0.2) is 11.6 Å². The van der Waals surface area contributed by atoms with Crippen molar-refractivity contribution < 1.29 is 4.74 Å². The fourth-order valence-corrected chi connectivity index (χ4v) is 3.47. The van der Waals surface area contributed by atoms with E-state index in [4.69, 9.17) is 15.5 Å². The van der Waals surface area contributed by atoms with Crippen molar-refractivity contribution in [1.82, 2.24) is 4.98 Å². The molecule has 3 nitrogen and oxygen atoms in total. The molecular weight excluding hydrogens is 280 g/mol. The van der Waals surface area contributed by atoms with Crippen molar-refractivity contribution >= 4 is 11.3 Å². The molecule has 1 aliphatic rings. The van der Waals surface area contributed by atoms with Gasteiger partial charge in [0, 0.05) is 22.4 Å². The minimum atomic E-state index is 0.0685. The molecule has 0 bridgehead atoms. The van der Waals surface area contributed by atoms with Crippen LogP contribution in [0.2, 0.25) is 0 Å². The molecule has 1 aliphatic carbocycles. The first kappa shape index (κ1) is 14.5. The van der Waals surface area contributed by atoms with Crippen LogP contribution in [-0.2, 0) is 0 Å². The fourth-order valence-electron chi connectivity index (χ4n) is 2.36. The Morgan fingerprint density at radius 1 is 1.33 bits per heavy atom. The van der Waals surface area contributed by atoms with Gasteiger partial charge in [-0.25, -0.2) is 4.98 Å². The summed E-state index contributed by atoms with van der Waals surface area (Å²) in [5.41, 5.74) is 8.48. The lowest BCUT2D eigenvalue weighted by Gasteiger charge is -2.04. The lowest BCUT2D eigenvalue weighted by Crippen LogP contribution is -2.05. The van der Waals surface area contributed by atoms with E-state index in [1.165, 1.54) is 23.4 Å². The van der Waals surface area contributed by atoms with Crippen LogP contribution in [0.25, 0.3) is 10.6 Å². The summed E-state index contributed by atoms with van der Waals surface area (Å²) in [6.07, 6.45) is 3.54. The number of thiazole rings is 1. The van der Waals surface area contributed by atoms with E-state index in [1.807, 2.05) is 19.1 Å². The molecule has 1 unspecified atom stereocenters. The summed E-state index contributed by atoms with van der Waals surface area (Å²) in [5, 5.41) is 1.08. The highest BCUT2D eigenvalue weighted by molar-refractivity contribution is 7.15. The van der Waals surface area contributed by atoms with Crippen LogP contribution in [0.1, 0.15) is 55.6 Å². The zero-order valence-corrected chi connectivity index (χ0v) is 13.5. The number of ether oxygens (including phenoxy) is 1. The highest BCUT2D eigenvalue weighted by Gasteiger charge is 2.30.